The summed E-state index contributed by atoms with van der Waals surface area (Å²) in [5, 5.41) is 0. The lowest BCUT2D eigenvalue weighted by molar-refractivity contribution is -0.153. The average Bonchev–Trinajstić information content (AvgIpc) is 2.45. The van der Waals surface area contributed by atoms with Crippen LogP contribution in [0.2, 0.25) is 0 Å². The van der Waals surface area contributed by atoms with E-state index in [9.17, 15) is 9.59 Å². The van der Waals surface area contributed by atoms with Crippen LogP contribution in [0.25, 0.3) is 0 Å². The first-order valence-corrected chi connectivity index (χ1v) is 7.37. The highest BCUT2D eigenvalue weighted by atomic mass is 16.5. The largest absolute Gasteiger partial charge is 0.464 e. The van der Waals surface area contributed by atoms with Crippen molar-refractivity contribution >= 4 is 11.9 Å². The third-order valence-corrected chi connectivity index (χ3v) is 4.33. The van der Waals surface area contributed by atoms with Crippen LogP contribution in [0.4, 0.5) is 0 Å². The second-order valence-corrected chi connectivity index (χ2v) is 5.52. The molecule has 0 spiro atoms. The van der Waals surface area contributed by atoms with E-state index in [4.69, 9.17) is 10.5 Å². The topological polar surface area (TPSA) is 72.6 Å². The van der Waals surface area contributed by atoms with Crippen LogP contribution in [0.5, 0.6) is 0 Å². The number of carbonyl (C=O) groups is 2. The minimum Gasteiger partial charge on any atom is -0.464 e. The summed E-state index contributed by atoms with van der Waals surface area (Å²) in [6, 6.07) is -0.865. The number of fused-ring (bicyclic) bond motifs is 1. The molecule has 2 aliphatic rings. The minimum atomic E-state index is -1.15. The number of carbonyl (C=O) groups excluding carboxylic acids is 2. The maximum absolute atomic E-state index is 12.4. The van der Waals surface area contributed by atoms with Gasteiger partial charge < -0.3 is 15.4 Å². The van der Waals surface area contributed by atoms with Crippen LogP contribution in [0.3, 0.4) is 0 Å². The highest BCUT2D eigenvalue weighted by molar-refractivity contribution is 6.01. The van der Waals surface area contributed by atoms with E-state index in [0.29, 0.717) is 5.92 Å². The lowest BCUT2D eigenvalue weighted by Gasteiger charge is -2.44. The maximum Gasteiger partial charge on any atom is 0.332 e. The second kappa shape index (κ2) is 6.37. The summed E-state index contributed by atoms with van der Waals surface area (Å²) in [6.07, 6.45) is 6.88. The quantitative estimate of drug-likeness (QED) is 0.613. The molecule has 108 valence electrons. The Balaban J connectivity index is 2.02. The summed E-state index contributed by atoms with van der Waals surface area (Å²) in [6.45, 7) is 2.70. The van der Waals surface area contributed by atoms with Crippen molar-refractivity contribution in [3.63, 3.8) is 0 Å². The summed E-state index contributed by atoms with van der Waals surface area (Å²) in [5.41, 5.74) is 5.73. The van der Waals surface area contributed by atoms with E-state index in [1.54, 1.807) is 6.92 Å². The monoisotopic (exact) mass is 268 g/mol. The van der Waals surface area contributed by atoms with Crippen molar-refractivity contribution in [1.29, 1.82) is 0 Å². The molecule has 1 heterocycles. The zero-order valence-corrected chi connectivity index (χ0v) is 11.6. The number of nitrogens with zero attached hydrogens (tertiary/aromatic N) is 1. The molecule has 5 nitrogen and oxygen atoms in total. The first-order chi connectivity index (χ1) is 9.15. The molecule has 2 fully saturated rings. The van der Waals surface area contributed by atoms with Gasteiger partial charge in [0.05, 0.1) is 6.61 Å². The number of nitrogens with two attached hydrogens (primary N) is 1. The van der Waals surface area contributed by atoms with Crippen molar-refractivity contribution in [2.24, 2.45) is 11.7 Å². The van der Waals surface area contributed by atoms with Gasteiger partial charge in [0.2, 0.25) is 0 Å². The SMILES string of the molecule is CCOC(=O)C(N)C(=O)N1CCCC2CCCCC21. The number of amides is 1. The normalized spacial score (nSPS) is 28.4. The van der Waals surface area contributed by atoms with Crippen LogP contribution < -0.4 is 5.73 Å². The Morgan fingerprint density at radius 1 is 1.26 bits per heavy atom. The molecule has 2 rings (SSSR count). The summed E-state index contributed by atoms with van der Waals surface area (Å²) >= 11 is 0. The standard InChI is InChI=1S/C14H24N2O3/c1-2-19-14(18)12(15)13(17)16-9-5-7-10-6-3-4-8-11(10)16/h10-12H,2-9,15H2,1H3. The molecular formula is C14H24N2O3. The van der Waals surface area contributed by atoms with Gasteiger partial charge in [-0.3, -0.25) is 4.79 Å². The van der Waals surface area contributed by atoms with Crippen molar-refractivity contribution in [2.45, 2.75) is 57.5 Å². The van der Waals surface area contributed by atoms with Crippen LogP contribution >= 0.6 is 0 Å². The van der Waals surface area contributed by atoms with E-state index in [1.807, 2.05) is 4.90 Å². The number of hydrogen-bond acceptors (Lipinski definition) is 4. The Bertz CT molecular complexity index is 344. The van der Waals surface area contributed by atoms with E-state index in [-0.39, 0.29) is 18.6 Å². The molecule has 1 saturated carbocycles. The van der Waals surface area contributed by atoms with Gasteiger partial charge in [0.1, 0.15) is 0 Å². The molecule has 3 unspecified atom stereocenters. The number of esters is 1. The highest BCUT2D eigenvalue weighted by Gasteiger charge is 2.39. The smallest absolute Gasteiger partial charge is 0.332 e. The fourth-order valence-corrected chi connectivity index (χ4v) is 3.41. The number of hydrogen-bond donors (Lipinski definition) is 1. The van der Waals surface area contributed by atoms with E-state index in [2.05, 4.69) is 0 Å². The molecule has 1 aliphatic heterocycles. The maximum atomic E-state index is 12.4. The highest BCUT2D eigenvalue weighted by Crippen LogP contribution is 2.35. The first kappa shape index (κ1) is 14.3. The van der Waals surface area contributed by atoms with Crippen molar-refractivity contribution in [3.05, 3.63) is 0 Å². The molecule has 3 atom stereocenters. The number of ether oxygens (including phenoxy) is 1. The summed E-state index contributed by atoms with van der Waals surface area (Å²) in [7, 11) is 0. The number of piperidine rings is 1. The van der Waals surface area contributed by atoms with E-state index in [1.165, 1.54) is 25.7 Å². The minimum absolute atomic E-state index is 0.255. The molecule has 1 amide bonds. The molecule has 0 radical (unpaired) electrons. The predicted octanol–water partition coefficient (Wildman–Crippen LogP) is 1.06. The van der Waals surface area contributed by atoms with Crippen LogP contribution in [0.1, 0.15) is 45.4 Å². The van der Waals surface area contributed by atoms with Gasteiger partial charge in [-0.1, -0.05) is 12.8 Å². The van der Waals surface area contributed by atoms with Crippen LogP contribution in [0, 0.1) is 5.92 Å². The van der Waals surface area contributed by atoms with E-state index in [0.717, 1.165) is 19.4 Å². The van der Waals surface area contributed by atoms with Gasteiger partial charge in [0, 0.05) is 12.6 Å². The van der Waals surface area contributed by atoms with Gasteiger partial charge >= 0.3 is 5.97 Å². The lowest BCUT2D eigenvalue weighted by atomic mass is 9.78. The predicted molar refractivity (Wildman–Crippen MR) is 71.3 cm³/mol. The molecule has 1 saturated heterocycles. The molecule has 0 aromatic carbocycles. The molecule has 0 bridgehead atoms. The molecule has 2 N–H and O–H groups in total. The van der Waals surface area contributed by atoms with Gasteiger partial charge in [-0.05, 0) is 38.5 Å². The van der Waals surface area contributed by atoms with Crippen LogP contribution in [-0.4, -0.2) is 42.0 Å². The zero-order valence-electron chi connectivity index (χ0n) is 11.6. The van der Waals surface area contributed by atoms with E-state index < -0.39 is 12.0 Å². The summed E-state index contributed by atoms with van der Waals surface area (Å²) in [5.74, 6) is -0.263. The van der Waals surface area contributed by atoms with Crippen LogP contribution in [0.15, 0.2) is 0 Å². The van der Waals surface area contributed by atoms with Crippen molar-refractivity contribution in [3.8, 4) is 0 Å². The lowest BCUT2D eigenvalue weighted by Crippen LogP contribution is -2.56. The van der Waals surface area contributed by atoms with Gasteiger partial charge in [-0.25, -0.2) is 4.79 Å². The van der Waals surface area contributed by atoms with Gasteiger partial charge in [-0.15, -0.1) is 0 Å². The Morgan fingerprint density at radius 2 is 1.95 bits per heavy atom. The number of rotatable bonds is 3. The van der Waals surface area contributed by atoms with E-state index >= 15 is 0 Å². The second-order valence-electron chi connectivity index (χ2n) is 5.52. The Labute approximate surface area is 114 Å². The van der Waals surface area contributed by atoms with Crippen molar-refractivity contribution < 1.29 is 14.3 Å². The molecule has 5 heteroatoms. The Hall–Kier alpha value is -1.10. The summed E-state index contributed by atoms with van der Waals surface area (Å²) < 4.78 is 4.84. The molecular weight excluding hydrogens is 244 g/mol. The van der Waals surface area contributed by atoms with Gasteiger partial charge in [0.25, 0.3) is 5.91 Å². The van der Waals surface area contributed by atoms with Crippen LogP contribution in [-0.2, 0) is 14.3 Å². The molecule has 19 heavy (non-hydrogen) atoms. The van der Waals surface area contributed by atoms with Crippen molar-refractivity contribution in [1.82, 2.24) is 4.90 Å². The van der Waals surface area contributed by atoms with Crippen molar-refractivity contribution in [2.75, 3.05) is 13.2 Å². The molecule has 0 aromatic rings. The Kier molecular flexibility index (Phi) is 4.80. The molecule has 1 aliphatic carbocycles. The van der Waals surface area contributed by atoms with Gasteiger partial charge in [-0.2, -0.15) is 0 Å². The third-order valence-electron chi connectivity index (χ3n) is 4.33. The first-order valence-electron chi connectivity index (χ1n) is 7.37. The summed E-state index contributed by atoms with van der Waals surface area (Å²) in [4.78, 5) is 25.8. The third kappa shape index (κ3) is 3.08. The fraction of sp³-hybridized carbons (Fsp3) is 0.857. The fourth-order valence-electron chi connectivity index (χ4n) is 3.41. The molecule has 0 aromatic heterocycles. The Morgan fingerprint density at radius 3 is 2.68 bits per heavy atom. The zero-order chi connectivity index (χ0) is 13.8. The average molecular weight is 268 g/mol. The number of likely N-dealkylation sites (tertiary alicyclic amines) is 1. The van der Waals surface area contributed by atoms with Gasteiger partial charge in [0.15, 0.2) is 6.04 Å².